The molecule has 1 aliphatic rings. The van der Waals surface area contributed by atoms with Crippen molar-refractivity contribution in [2.24, 2.45) is 7.05 Å². The molecule has 222 valence electrons. The highest BCUT2D eigenvalue weighted by molar-refractivity contribution is 5.80. The van der Waals surface area contributed by atoms with Gasteiger partial charge in [0.05, 0.1) is 12.1 Å². The van der Waals surface area contributed by atoms with Gasteiger partial charge in [-0.05, 0) is 53.5 Å². The zero-order valence-electron chi connectivity index (χ0n) is 25.0. The molecule has 1 N–H and O–H groups in total. The highest BCUT2D eigenvalue weighted by Gasteiger charge is 2.29. The van der Waals surface area contributed by atoms with E-state index in [0.29, 0.717) is 42.6 Å². The summed E-state index contributed by atoms with van der Waals surface area (Å²) in [6.45, 7) is 10.8. The molecular formula is C30H38N8O4. The van der Waals surface area contributed by atoms with E-state index in [1.165, 1.54) is 9.13 Å². The average Bonchev–Trinajstić information content (AvgIpc) is 3.32. The number of anilines is 1. The van der Waals surface area contributed by atoms with Crippen LogP contribution in [0.5, 0.6) is 0 Å². The summed E-state index contributed by atoms with van der Waals surface area (Å²) in [5, 5.41) is 3.89. The second-order valence-electron chi connectivity index (χ2n) is 11.7. The van der Waals surface area contributed by atoms with Crippen LogP contribution in [0, 0.1) is 6.92 Å². The minimum Gasteiger partial charge on any atom is -0.444 e. The molecule has 0 bridgehead atoms. The van der Waals surface area contributed by atoms with E-state index in [-0.39, 0.29) is 12.6 Å². The van der Waals surface area contributed by atoms with E-state index in [1.807, 2.05) is 75.6 Å². The molecular weight excluding hydrogens is 536 g/mol. The van der Waals surface area contributed by atoms with Gasteiger partial charge in [0.15, 0.2) is 11.2 Å². The Balaban J connectivity index is 1.55. The van der Waals surface area contributed by atoms with Crippen molar-refractivity contribution in [1.29, 1.82) is 0 Å². The van der Waals surface area contributed by atoms with Gasteiger partial charge in [-0.3, -0.25) is 13.9 Å². The monoisotopic (exact) mass is 574 g/mol. The number of rotatable bonds is 6. The number of amides is 1. The third kappa shape index (κ3) is 5.79. The van der Waals surface area contributed by atoms with Crippen molar-refractivity contribution in [3.8, 4) is 0 Å². The summed E-state index contributed by atoms with van der Waals surface area (Å²) in [6, 6.07) is 7.50. The third-order valence-corrected chi connectivity index (χ3v) is 7.30. The molecule has 5 rings (SSSR count). The van der Waals surface area contributed by atoms with E-state index < -0.39 is 22.9 Å². The van der Waals surface area contributed by atoms with Crippen LogP contribution in [0.4, 0.5) is 10.7 Å². The van der Waals surface area contributed by atoms with Gasteiger partial charge in [0.2, 0.25) is 5.95 Å². The second-order valence-corrected chi connectivity index (χ2v) is 11.7. The van der Waals surface area contributed by atoms with Gasteiger partial charge in [0.1, 0.15) is 11.4 Å². The van der Waals surface area contributed by atoms with E-state index in [1.54, 1.807) is 7.05 Å². The van der Waals surface area contributed by atoms with Crippen LogP contribution in [0.15, 0.2) is 46.0 Å². The predicted molar refractivity (Wildman–Crippen MR) is 162 cm³/mol. The molecule has 3 aromatic heterocycles. The van der Waals surface area contributed by atoms with Gasteiger partial charge in [-0.25, -0.2) is 19.6 Å². The van der Waals surface area contributed by atoms with Crippen molar-refractivity contribution < 1.29 is 9.53 Å². The number of hydrogen-bond donors (Lipinski definition) is 1. The van der Waals surface area contributed by atoms with E-state index in [0.717, 1.165) is 29.4 Å². The Hall–Kier alpha value is -4.48. The fourth-order valence-corrected chi connectivity index (χ4v) is 5.38. The molecule has 1 saturated heterocycles. The Kier molecular flexibility index (Phi) is 7.89. The van der Waals surface area contributed by atoms with Crippen molar-refractivity contribution in [2.45, 2.75) is 72.2 Å². The normalized spacial score (nSPS) is 16.0. The van der Waals surface area contributed by atoms with Gasteiger partial charge in [0, 0.05) is 43.8 Å². The molecule has 1 amide bonds. The first-order valence-electron chi connectivity index (χ1n) is 14.2. The number of piperidine rings is 1. The smallest absolute Gasteiger partial charge is 0.407 e. The van der Waals surface area contributed by atoms with Gasteiger partial charge in [-0.2, -0.15) is 4.98 Å². The molecule has 4 aromatic rings. The molecule has 42 heavy (non-hydrogen) atoms. The maximum Gasteiger partial charge on any atom is 0.407 e. The van der Waals surface area contributed by atoms with Crippen molar-refractivity contribution in [3.63, 3.8) is 0 Å². The fourth-order valence-electron chi connectivity index (χ4n) is 5.38. The summed E-state index contributed by atoms with van der Waals surface area (Å²) in [5.74, 6) is 0.957. The lowest BCUT2D eigenvalue weighted by atomic mass is 10.1. The van der Waals surface area contributed by atoms with Crippen LogP contribution >= 0.6 is 0 Å². The van der Waals surface area contributed by atoms with Crippen molar-refractivity contribution in [1.82, 2.24) is 34.0 Å². The van der Waals surface area contributed by atoms with Gasteiger partial charge < -0.3 is 19.5 Å². The number of benzene rings is 1. The Labute approximate surface area is 243 Å². The number of alkyl carbamates (subject to hydrolysis) is 1. The van der Waals surface area contributed by atoms with Crippen LogP contribution in [0.1, 0.15) is 52.1 Å². The Morgan fingerprint density at radius 3 is 2.64 bits per heavy atom. The number of carbonyl (C=O) groups is 1. The maximum atomic E-state index is 14.0. The summed E-state index contributed by atoms with van der Waals surface area (Å²) < 4.78 is 9.87. The van der Waals surface area contributed by atoms with E-state index in [4.69, 9.17) is 9.72 Å². The first-order valence-corrected chi connectivity index (χ1v) is 14.2. The van der Waals surface area contributed by atoms with E-state index in [9.17, 15) is 14.4 Å². The second kappa shape index (κ2) is 11.4. The number of nitrogens with zero attached hydrogens (tertiary/aromatic N) is 7. The lowest BCUT2D eigenvalue weighted by molar-refractivity contribution is 0.0499. The van der Waals surface area contributed by atoms with Crippen LogP contribution in [-0.2, 0) is 24.9 Å². The predicted octanol–water partition coefficient (Wildman–Crippen LogP) is 3.27. The maximum absolute atomic E-state index is 14.0. The molecule has 0 aliphatic carbocycles. The zero-order valence-corrected chi connectivity index (χ0v) is 25.0. The number of allylic oxidation sites excluding steroid dienone is 2. The highest BCUT2D eigenvalue weighted by atomic mass is 16.6. The largest absolute Gasteiger partial charge is 0.444 e. The summed E-state index contributed by atoms with van der Waals surface area (Å²) in [4.78, 5) is 56.0. The first-order chi connectivity index (χ1) is 20.0. The lowest BCUT2D eigenvalue weighted by Crippen LogP contribution is -2.49. The molecule has 12 nitrogen and oxygen atoms in total. The zero-order chi connectivity index (χ0) is 30.2. The van der Waals surface area contributed by atoms with Gasteiger partial charge in [-0.1, -0.05) is 30.4 Å². The van der Waals surface area contributed by atoms with Gasteiger partial charge >= 0.3 is 11.8 Å². The number of carbonyl (C=O) groups excluding carboxylic acids is 1. The van der Waals surface area contributed by atoms with Crippen LogP contribution in [0.25, 0.3) is 22.1 Å². The Morgan fingerprint density at radius 1 is 1.14 bits per heavy atom. The number of hydrogen-bond acceptors (Lipinski definition) is 8. The minimum atomic E-state index is -0.597. The van der Waals surface area contributed by atoms with Crippen LogP contribution in [0.3, 0.4) is 0 Å². The molecule has 1 aliphatic heterocycles. The van der Waals surface area contributed by atoms with Crippen LogP contribution in [-0.4, -0.2) is 59.5 Å². The number of aromatic nitrogens is 6. The van der Waals surface area contributed by atoms with Gasteiger partial charge in [-0.15, -0.1) is 0 Å². The molecule has 4 heterocycles. The fraction of sp³-hybridized carbons (Fsp3) is 0.467. The molecule has 0 spiro atoms. The Morgan fingerprint density at radius 2 is 1.90 bits per heavy atom. The molecule has 0 radical (unpaired) electrons. The number of fused-ring (bicyclic) bond motifs is 2. The van der Waals surface area contributed by atoms with Crippen LogP contribution in [0.2, 0.25) is 0 Å². The SMILES string of the molecule is C/C=C\Cn1c(N2CCC[C@@H](NC(=O)OC(C)(C)C)C2)nc2c1c(=O)n(Cc1nc(C)c3ccccc3n1)c(=O)n2C. The topological polar surface area (TPSA) is 129 Å². The summed E-state index contributed by atoms with van der Waals surface area (Å²) in [6.07, 6.45) is 4.99. The molecule has 1 aromatic carbocycles. The minimum absolute atomic E-state index is 0.0666. The third-order valence-electron chi connectivity index (χ3n) is 7.30. The molecule has 1 atom stereocenters. The van der Waals surface area contributed by atoms with E-state index in [2.05, 4.69) is 20.2 Å². The number of nitrogens with one attached hydrogen (secondary N) is 1. The summed E-state index contributed by atoms with van der Waals surface area (Å²) in [7, 11) is 1.62. The molecule has 12 heteroatoms. The quantitative estimate of drug-likeness (QED) is 0.348. The van der Waals surface area contributed by atoms with Crippen molar-refractivity contribution in [2.75, 3.05) is 18.0 Å². The average molecular weight is 575 g/mol. The standard InChI is InChI=1S/C30H38N8O4/c1-7-8-16-37-24-25(34-27(37)36-15-11-12-20(17-36)32-28(40)42-30(3,4)5)35(6)29(41)38(26(24)39)18-23-31-19(2)21-13-9-10-14-22(21)33-23/h7-10,13-14,20H,11-12,15-18H2,1-6H3,(H,32,40)/b8-7-/t20-/m1/s1. The Bertz CT molecular complexity index is 1790. The number of imidazole rings is 1. The number of ether oxygens (including phenoxy) is 1. The highest BCUT2D eigenvalue weighted by Crippen LogP contribution is 2.24. The molecule has 1 fully saturated rings. The number of para-hydroxylation sites is 1. The van der Waals surface area contributed by atoms with Crippen molar-refractivity contribution >= 4 is 34.1 Å². The number of aryl methyl sites for hydroxylation is 2. The molecule has 0 saturated carbocycles. The first kappa shape index (κ1) is 29.0. The van der Waals surface area contributed by atoms with Crippen molar-refractivity contribution in [3.05, 3.63) is 68.8 Å². The van der Waals surface area contributed by atoms with Gasteiger partial charge in [0.25, 0.3) is 5.56 Å². The van der Waals surface area contributed by atoms with Crippen LogP contribution < -0.4 is 21.5 Å². The lowest BCUT2D eigenvalue weighted by Gasteiger charge is -2.34. The summed E-state index contributed by atoms with van der Waals surface area (Å²) in [5.41, 5.74) is 0.620. The van der Waals surface area contributed by atoms with E-state index >= 15 is 0 Å². The summed E-state index contributed by atoms with van der Waals surface area (Å²) >= 11 is 0. The molecule has 0 unspecified atom stereocenters.